The molecule has 4 aliphatic rings. The number of hydrogen-bond donors (Lipinski definition) is 9. The summed E-state index contributed by atoms with van der Waals surface area (Å²) < 4.78 is 1.60. The summed E-state index contributed by atoms with van der Waals surface area (Å²) in [5.41, 5.74) is 19.4. The van der Waals surface area contributed by atoms with Crippen molar-refractivity contribution in [2.45, 2.75) is 106 Å². The van der Waals surface area contributed by atoms with Gasteiger partial charge in [-0.15, -0.1) is 5.10 Å². The van der Waals surface area contributed by atoms with Crippen LogP contribution < -0.4 is 43.8 Å². The van der Waals surface area contributed by atoms with Crippen LogP contribution >= 0.6 is 0 Å². The number of nitrogens with zero attached hydrogens (tertiary/aromatic N) is 4. The summed E-state index contributed by atoms with van der Waals surface area (Å²) in [5.74, 6) is -6.53. The fourth-order valence-corrected chi connectivity index (χ4v) is 8.30. The van der Waals surface area contributed by atoms with Crippen LogP contribution in [-0.2, 0) is 44.8 Å². The van der Waals surface area contributed by atoms with E-state index in [1.807, 2.05) is 48.6 Å². The Kier molecular flexibility index (Phi) is 13.6. The Morgan fingerprint density at radius 1 is 0.841 bits per heavy atom. The number of carbonyl (C=O) groups excluding carboxylic acids is 8. The minimum Gasteiger partial charge on any atom is -0.370 e. The molecule has 1 aromatic carbocycles. The zero-order valence-corrected chi connectivity index (χ0v) is 34.5. The molecule has 2 aliphatic heterocycles. The quantitative estimate of drug-likeness (QED) is 0.120. The molecule has 0 radical (unpaired) electrons. The third-order valence-corrected chi connectivity index (χ3v) is 11.9. The predicted octanol–water partition coefficient (Wildman–Crippen LogP) is -1.92. The van der Waals surface area contributed by atoms with Crippen LogP contribution in [0.3, 0.4) is 0 Å². The van der Waals surface area contributed by atoms with Gasteiger partial charge in [0.2, 0.25) is 47.3 Å². The maximum atomic E-state index is 14.8. The Morgan fingerprint density at radius 2 is 1.57 bits per heavy atom. The highest BCUT2D eigenvalue weighted by Crippen LogP contribution is 2.36. The van der Waals surface area contributed by atoms with E-state index >= 15 is 0 Å². The summed E-state index contributed by atoms with van der Waals surface area (Å²) >= 11 is 0. The van der Waals surface area contributed by atoms with Gasteiger partial charge in [0.1, 0.15) is 30.2 Å². The molecule has 4 heterocycles. The van der Waals surface area contributed by atoms with Gasteiger partial charge in [-0.1, -0.05) is 47.7 Å². The summed E-state index contributed by atoms with van der Waals surface area (Å²) in [7, 11) is 0. The summed E-state index contributed by atoms with van der Waals surface area (Å²) in [6, 6.07) is -0.850. The lowest BCUT2D eigenvalue weighted by Crippen LogP contribution is -2.60. The maximum absolute atomic E-state index is 14.8. The Labute approximate surface area is 361 Å². The van der Waals surface area contributed by atoms with Gasteiger partial charge in [-0.3, -0.25) is 38.4 Å². The van der Waals surface area contributed by atoms with Crippen molar-refractivity contribution in [3.05, 3.63) is 72.2 Å². The van der Waals surface area contributed by atoms with E-state index in [0.29, 0.717) is 36.9 Å². The van der Waals surface area contributed by atoms with Gasteiger partial charge >= 0.3 is 0 Å². The van der Waals surface area contributed by atoms with Crippen LogP contribution in [0.5, 0.6) is 0 Å². The molecular weight excluding hydrogens is 815 g/mol. The second kappa shape index (κ2) is 19.4. The number of nitrogens with one attached hydrogen (secondary N) is 6. The Hall–Kier alpha value is -6.90. The van der Waals surface area contributed by atoms with E-state index in [1.165, 1.54) is 4.90 Å². The van der Waals surface area contributed by atoms with Crippen molar-refractivity contribution < 1.29 is 38.4 Å². The van der Waals surface area contributed by atoms with E-state index in [9.17, 15) is 38.4 Å². The molecule has 0 spiro atoms. The normalized spacial score (nSPS) is 27.3. The van der Waals surface area contributed by atoms with E-state index in [2.05, 4.69) is 41.9 Å². The number of H-pyrrole nitrogens is 1. The SMILES string of the molecule is NC(=O)C[C@@H]1NC(=O)[C@@H](N)CC(=O)NCCCC[C@@H](C(N)=O)NC(=O)[C@H](Cc2c[nH]c3ccccc23)NC(=O)[C@@H]2C[C@H](n3cc(C4C=CC=C4)nn3)CN2C(=O)[C@H](C2CC2)NC1=O. The Morgan fingerprint density at radius 3 is 2.30 bits per heavy atom. The zero-order chi connectivity index (χ0) is 44.8. The average molecular weight is 868 g/mol. The first-order valence-electron chi connectivity index (χ1n) is 21.2. The number of nitrogens with two attached hydrogens (primary N) is 3. The molecule has 3 aromatic rings. The molecule has 3 fully saturated rings. The molecule has 8 amide bonds. The fourth-order valence-electron chi connectivity index (χ4n) is 8.30. The van der Waals surface area contributed by atoms with Gasteiger partial charge in [0, 0.05) is 55.1 Å². The molecule has 7 rings (SSSR count). The van der Waals surface area contributed by atoms with Crippen LogP contribution in [0.4, 0.5) is 0 Å². The van der Waals surface area contributed by atoms with Gasteiger partial charge in [-0.25, -0.2) is 4.68 Å². The third kappa shape index (κ3) is 10.8. The number of allylic oxidation sites excluding steroid dienone is 4. The number of rotatable bonds is 8. The molecule has 334 valence electrons. The standard InChI is InChI=1S/C42H53N13O8/c43-27-17-35(57)46-14-6-5-11-29(37(45)58)48-39(60)30(15-24-19-47-28-10-4-3-9-26(24)28)50-41(62)33-16-25(55-21-32(52-53-55)22-7-1-2-8-22)20-54(33)42(63)36(23-12-13-23)51-40(61)31(18-34(44)56)49-38(27)59/h1-4,7-10,19,21-23,25,27,29-31,33,36,47H,5-6,11-18,20,43H2,(H2,44,56)(H2,45,58)(H,46,57)(H,48,60)(H,49,59)(H,50,62)(H,51,61)/t25-,27-,29-,30-,31-,33-,36-/m0/s1. The second-order valence-electron chi connectivity index (χ2n) is 16.6. The first kappa shape index (κ1) is 44.2. The first-order chi connectivity index (χ1) is 30.2. The number of hydrogen-bond acceptors (Lipinski definition) is 11. The molecule has 1 saturated carbocycles. The molecule has 7 atom stereocenters. The molecular formula is C42H53N13O8. The minimum absolute atomic E-state index is 0.00603. The molecule has 63 heavy (non-hydrogen) atoms. The smallest absolute Gasteiger partial charge is 0.246 e. The number of amides is 8. The van der Waals surface area contributed by atoms with Gasteiger partial charge in [0.05, 0.1) is 30.6 Å². The van der Waals surface area contributed by atoms with Crippen molar-refractivity contribution in [1.29, 1.82) is 0 Å². The van der Waals surface area contributed by atoms with Crippen molar-refractivity contribution in [1.82, 2.24) is 51.5 Å². The van der Waals surface area contributed by atoms with Crippen LogP contribution in [0.1, 0.15) is 74.6 Å². The molecule has 0 bridgehead atoms. The van der Waals surface area contributed by atoms with E-state index in [-0.39, 0.29) is 44.2 Å². The van der Waals surface area contributed by atoms with E-state index in [0.717, 1.165) is 10.9 Å². The highest BCUT2D eigenvalue weighted by atomic mass is 16.2. The van der Waals surface area contributed by atoms with E-state index in [4.69, 9.17) is 17.2 Å². The Bertz CT molecular complexity index is 2300. The molecule has 2 saturated heterocycles. The van der Waals surface area contributed by atoms with Crippen LogP contribution in [0.15, 0.2) is 61.0 Å². The molecule has 2 aromatic heterocycles. The number of para-hydroxylation sites is 1. The van der Waals surface area contributed by atoms with Gasteiger partial charge in [-0.2, -0.15) is 0 Å². The summed E-state index contributed by atoms with van der Waals surface area (Å²) in [6.45, 7) is 0.106. The van der Waals surface area contributed by atoms with Crippen LogP contribution in [0.25, 0.3) is 10.9 Å². The molecule has 0 unspecified atom stereocenters. The molecule has 21 nitrogen and oxygen atoms in total. The number of benzene rings is 1. The van der Waals surface area contributed by atoms with Gasteiger partial charge in [-0.05, 0) is 49.7 Å². The van der Waals surface area contributed by atoms with Crippen molar-refractivity contribution in [2.75, 3.05) is 13.1 Å². The first-order valence-corrected chi connectivity index (χ1v) is 21.2. The lowest BCUT2D eigenvalue weighted by atomic mass is 10.0. The van der Waals surface area contributed by atoms with Crippen LogP contribution in [0.2, 0.25) is 0 Å². The molecule has 12 N–H and O–H groups in total. The van der Waals surface area contributed by atoms with E-state index < -0.39 is 102 Å². The third-order valence-electron chi connectivity index (χ3n) is 11.9. The molecule has 21 heteroatoms. The largest absolute Gasteiger partial charge is 0.370 e. The highest BCUT2D eigenvalue weighted by Gasteiger charge is 2.48. The predicted molar refractivity (Wildman–Crippen MR) is 225 cm³/mol. The fraction of sp³-hybridized carbons (Fsp3) is 0.476. The van der Waals surface area contributed by atoms with Crippen molar-refractivity contribution in [2.24, 2.45) is 23.1 Å². The summed E-state index contributed by atoms with van der Waals surface area (Å²) in [6.07, 6.45) is 12.0. The zero-order valence-electron chi connectivity index (χ0n) is 34.5. The summed E-state index contributed by atoms with van der Waals surface area (Å²) in [5, 5.41) is 22.9. The van der Waals surface area contributed by atoms with Gasteiger partial charge in [0.25, 0.3) is 0 Å². The number of carbonyl (C=O) groups is 8. The number of aromatic nitrogens is 4. The summed E-state index contributed by atoms with van der Waals surface area (Å²) in [4.78, 5) is 113. The van der Waals surface area contributed by atoms with Crippen LogP contribution in [0, 0.1) is 5.92 Å². The van der Waals surface area contributed by atoms with Gasteiger partial charge in [0.15, 0.2) is 0 Å². The topological polar surface area (TPSA) is 325 Å². The number of fused-ring (bicyclic) bond motifs is 2. The lowest BCUT2D eigenvalue weighted by molar-refractivity contribution is -0.143. The number of aromatic amines is 1. The minimum atomic E-state index is -1.54. The average Bonchev–Trinajstić information content (AvgIpc) is 3.67. The molecule has 2 aliphatic carbocycles. The second-order valence-corrected chi connectivity index (χ2v) is 16.6. The van der Waals surface area contributed by atoms with Crippen LogP contribution in [-0.4, -0.2) is 121 Å². The lowest BCUT2D eigenvalue weighted by Gasteiger charge is -2.31. The highest BCUT2D eigenvalue weighted by molar-refractivity contribution is 5.99. The maximum Gasteiger partial charge on any atom is 0.246 e. The van der Waals surface area contributed by atoms with Crippen molar-refractivity contribution >= 4 is 58.2 Å². The van der Waals surface area contributed by atoms with E-state index in [1.54, 1.807) is 17.1 Å². The van der Waals surface area contributed by atoms with Crippen molar-refractivity contribution in [3.63, 3.8) is 0 Å². The van der Waals surface area contributed by atoms with Gasteiger partial charge < -0.3 is 53.7 Å². The van der Waals surface area contributed by atoms with Crippen molar-refractivity contribution in [3.8, 4) is 0 Å². The number of primary amides is 2. The Balaban J connectivity index is 1.23. The monoisotopic (exact) mass is 867 g/mol.